The summed E-state index contributed by atoms with van der Waals surface area (Å²) in [5.74, 6) is 0. The van der Waals surface area contributed by atoms with Crippen molar-refractivity contribution in [3.63, 3.8) is 0 Å². The molecule has 0 amide bonds. The van der Waals surface area contributed by atoms with Gasteiger partial charge < -0.3 is 0 Å². The van der Waals surface area contributed by atoms with Gasteiger partial charge in [0, 0.05) is 0 Å². The zero-order chi connectivity index (χ0) is 16.2. The molecule has 0 bridgehead atoms. The Morgan fingerprint density at radius 3 is 1.62 bits per heavy atom. The number of nitrogens with zero attached hydrogens (tertiary/aromatic N) is 1. The van der Waals surface area contributed by atoms with Gasteiger partial charge in [-0.2, -0.15) is 0 Å². The molecule has 21 heavy (non-hydrogen) atoms. The maximum atomic E-state index is 4.53. The molecule has 0 unspecified atom stereocenters. The predicted molar refractivity (Wildman–Crippen MR) is 101 cm³/mol. The van der Waals surface area contributed by atoms with E-state index in [1.165, 1.54) is 71.5 Å². The second-order valence-electron chi connectivity index (χ2n) is 8.05. The van der Waals surface area contributed by atoms with Crippen molar-refractivity contribution in [2.24, 2.45) is 4.99 Å². The van der Waals surface area contributed by atoms with Crippen LogP contribution in [0.5, 0.6) is 0 Å². The van der Waals surface area contributed by atoms with E-state index in [1.54, 1.807) is 0 Å². The lowest BCUT2D eigenvalue weighted by molar-refractivity contribution is 0.443. The van der Waals surface area contributed by atoms with Gasteiger partial charge in [-0.25, -0.2) is 0 Å². The lowest BCUT2D eigenvalue weighted by Crippen LogP contribution is -2.16. The maximum Gasteiger partial charge on any atom is 0.124 e. The monoisotopic (exact) mass is 293 g/mol. The predicted octanol–water partition coefficient (Wildman–Crippen LogP) is 6.44. The number of hydrogen-bond acceptors (Lipinski definition) is 1. The van der Waals surface area contributed by atoms with E-state index in [4.69, 9.17) is 0 Å². The second kappa shape index (κ2) is 11.3. The highest BCUT2D eigenvalue weighted by Gasteiger charge is 2.15. The molecule has 1 nitrogen and oxygen atoms in total. The number of hydrogen-bond donors (Lipinski definition) is 0. The summed E-state index contributed by atoms with van der Waals surface area (Å²) in [6.07, 6.45) is 15.8. The van der Waals surface area contributed by atoms with E-state index in [2.05, 4.69) is 39.5 Å². The SMILES string of the molecule is CBC(C)(C)CCCCCCCCCCC(C)(C)/N=C\C. The van der Waals surface area contributed by atoms with Gasteiger partial charge in [-0.3, -0.25) is 4.99 Å². The van der Waals surface area contributed by atoms with E-state index in [-0.39, 0.29) is 5.54 Å². The standard InChI is InChI=1S/C19H40BN/c1-7-21-19(4,5)17-15-13-11-9-8-10-12-14-16-18(2,3)20-6/h7,20H,8-17H2,1-6H3/b21-7-. The summed E-state index contributed by atoms with van der Waals surface area (Å²) in [5.41, 5.74) is 0.154. The number of aliphatic imine (C=N–C) groups is 1. The van der Waals surface area contributed by atoms with Crippen LogP contribution in [0.25, 0.3) is 0 Å². The van der Waals surface area contributed by atoms with Crippen LogP contribution in [-0.2, 0) is 0 Å². The summed E-state index contributed by atoms with van der Waals surface area (Å²) in [6.45, 7) is 13.6. The van der Waals surface area contributed by atoms with E-state index in [9.17, 15) is 0 Å². The highest BCUT2D eigenvalue weighted by Crippen LogP contribution is 2.30. The molecule has 0 aromatic rings. The zero-order valence-electron chi connectivity index (χ0n) is 15.8. The van der Waals surface area contributed by atoms with Crippen LogP contribution >= 0.6 is 0 Å². The van der Waals surface area contributed by atoms with Crippen LogP contribution < -0.4 is 0 Å². The van der Waals surface area contributed by atoms with Crippen molar-refractivity contribution in [3.05, 3.63) is 0 Å². The van der Waals surface area contributed by atoms with Crippen molar-refractivity contribution in [2.75, 3.05) is 0 Å². The van der Waals surface area contributed by atoms with Crippen LogP contribution in [0.2, 0.25) is 12.1 Å². The van der Waals surface area contributed by atoms with Gasteiger partial charge in [-0.15, -0.1) is 0 Å². The van der Waals surface area contributed by atoms with E-state index < -0.39 is 0 Å². The lowest BCUT2D eigenvalue weighted by atomic mass is 9.54. The molecule has 0 aliphatic heterocycles. The molecule has 2 heteroatoms. The van der Waals surface area contributed by atoms with Gasteiger partial charge in [0.1, 0.15) is 7.28 Å². The molecule has 124 valence electrons. The molecule has 0 saturated heterocycles. The van der Waals surface area contributed by atoms with Crippen molar-refractivity contribution in [2.45, 2.75) is 117 Å². The molecule has 0 aliphatic rings. The van der Waals surface area contributed by atoms with Gasteiger partial charge in [0.05, 0.1) is 5.54 Å². The molecule has 0 spiro atoms. The Kier molecular flexibility index (Phi) is 11.2. The van der Waals surface area contributed by atoms with Crippen LogP contribution in [0, 0.1) is 0 Å². The molecular weight excluding hydrogens is 253 g/mol. The first-order valence-electron chi connectivity index (χ1n) is 9.33. The van der Waals surface area contributed by atoms with Gasteiger partial charge in [0.15, 0.2) is 0 Å². The molecule has 0 atom stereocenters. The van der Waals surface area contributed by atoms with Crippen LogP contribution in [0.15, 0.2) is 4.99 Å². The molecule has 0 fully saturated rings. The Balaban J connectivity index is 3.34. The first kappa shape index (κ1) is 20.7. The maximum absolute atomic E-state index is 4.53. The first-order chi connectivity index (χ1) is 9.83. The Morgan fingerprint density at radius 2 is 1.19 bits per heavy atom. The van der Waals surface area contributed by atoms with E-state index in [1.807, 2.05) is 13.1 Å². The van der Waals surface area contributed by atoms with Gasteiger partial charge in [0.2, 0.25) is 0 Å². The normalized spacial score (nSPS) is 13.0. The molecule has 0 heterocycles. The minimum atomic E-state index is 0.154. The molecular formula is C19H40BN. The van der Waals surface area contributed by atoms with Gasteiger partial charge >= 0.3 is 0 Å². The third kappa shape index (κ3) is 13.1. The fourth-order valence-electron chi connectivity index (χ4n) is 2.81. The molecule has 0 N–H and O–H groups in total. The topological polar surface area (TPSA) is 12.4 Å². The van der Waals surface area contributed by atoms with E-state index in [0.717, 1.165) is 0 Å². The molecule has 0 aliphatic carbocycles. The van der Waals surface area contributed by atoms with Gasteiger partial charge in [-0.05, 0) is 33.4 Å². The van der Waals surface area contributed by atoms with Crippen molar-refractivity contribution in [1.82, 2.24) is 0 Å². The van der Waals surface area contributed by atoms with E-state index >= 15 is 0 Å². The average molecular weight is 293 g/mol. The zero-order valence-corrected chi connectivity index (χ0v) is 15.8. The van der Waals surface area contributed by atoms with Crippen molar-refractivity contribution in [3.8, 4) is 0 Å². The van der Waals surface area contributed by atoms with Crippen LogP contribution in [-0.4, -0.2) is 19.0 Å². The summed E-state index contributed by atoms with van der Waals surface area (Å²) in [4.78, 5) is 4.53. The van der Waals surface area contributed by atoms with Crippen molar-refractivity contribution in [1.29, 1.82) is 0 Å². The fourth-order valence-corrected chi connectivity index (χ4v) is 2.81. The Morgan fingerprint density at radius 1 is 0.762 bits per heavy atom. The van der Waals surface area contributed by atoms with Crippen molar-refractivity contribution >= 4 is 13.5 Å². The third-order valence-electron chi connectivity index (χ3n) is 4.83. The summed E-state index contributed by atoms with van der Waals surface area (Å²) in [6, 6.07) is 0. The smallest absolute Gasteiger partial charge is 0.124 e. The largest absolute Gasteiger partial charge is 0.292 e. The number of rotatable bonds is 13. The van der Waals surface area contributed by atoms with Crippen LogP contribution in [0.3, 0.4) is 0 Å². The molecule has 0 rings (SSSR count). The Bertz CT molecular complexity index is 269. The summed E-state index contributed by atoms with van der Waals surface area (Å²) >= 11 is 0. The van der Waals surface area contributed by atoms with Gasteiger partial charge in [0.25, 0.3) is 0 Å². The number of unbranched alkanes of at least 4 members (excludes halogenated alkanes) is 7. The van der Waals surface area contributed by atoms with Crippen molar-refractivity contribution < 1.29 is 0 Å². The average Bonchev–Trinajstić information content (AvgIpc) is 2.40. The second-order valence-corrected chi connectivity index (χ2v) is 8.05. The summed E-state index contributed by atoms with van der Waals surface area (Å²) in [5, 5.41) is 0.563. The summed E-state index contributed by atoms with van der Waals surface area (Å²) in [7, 11) is 1.31. The van der Waals surface area contributed by atoms with Crippen LogP contribution in [0.1, 0.15) is 98.8 Å². The highest BCUT2D eigenvalue weighted by atomic mass is 14.8. The fraction of sp³-hybridized carbons (Fsp3) is 0.947. The Hall–Kier alpha value is -0.265. The molecule has 0 radical (unpaired) electrons. The molecule has 0 saturated carbocycles. The van der Waals surface area contributed by atoms with Crippen LogP contribution in [0.4, 0.5) is 0 Å². The quantitative estimate of drug-likeness (QED) is 0.210. The van der Waals surface area contributed by atoms with Gasteiger partial charge in [-0.1, -0.05) is 83.8 Å². The minimum Gasteiger partial charge on any atom is -0.292 e. The van der Waals surface area contributed by atoms with E-state index in [0.29, 0.717) is 5.31 Å². The minimum absolute atomic E-state index is 0.154. The Labute approximate surface area is 135 Å². The first-order valence-corrected chi connectivity index (χ1v) is 9.33. The lowest BCUT2D eigenvalue weighted by Gasteiger charge is -2.21. The third-order valence-corrected chi connectivity index (χ3v) is 4.83. The molecule has 0 aromatic heterocycles. The highest BCUT2D eigenvalue weighted by molar-refractivity contribution is 6.37. The molecule has 0 aromatic carbocycles. The summed E-state index contributed by atoms with van der Waals surface area (Å²) < 4.78 is 0.